The number of carbonyl (C=O) groups is 2. The van der Waals surface area contributed by atoms with Crippen molar-refractivity contribution in [2.45, 2.75) is 18.9 Å². The number of hydrogen-bond acceptors (Lipinski definition) is 5. The summed E-state index contributed by atoms with van der Waals surface area (Å²) < 4.78 is 15.3. The normalized spacial score (nSPS) is 17.3. The average molecular weight is 293 g/mol. The summed E-state index contributed by atoms with van der Waals surface area (Å²) in [5, 5.41) is 2.69. The first-order valence-corrected chi connectivity index (χ1v) is 6.88. The Balaban J connectivity index is 1.70. The van der Waals surface area contributed by atoms with Crippen LogP contribution in [0.5, 0.6) is 5.75 Å². The van der Waals surface area contributed by atoms with E-state index >= 15 is 0 Å². The number of nitrogens with one attached hydrogen (secondary N) is 1. The highest BCUT2D eigenvalue weighted by Crippen LogP contribution is 2.12. The summed E-state index contributed by atoms with van der Waals surface area (Å²) in [7, 11) is 1.55. The van der Waals surface area contributed by atoms with Gasteiger partial charge in [0.2, 0.25) is 0 Å². The van der Waals surface area contributed by atoms with Crippen LogP contribution in [-0.2, 0) is 14.3 Å². The molecule has 1 N–H and O–H groups in total. The molecule has 1 amide bonds. The molecule has 0 aliphatic carbocycles. The van der Waals surface area contributed by atoms with Crippen molar-refractivity contribution < 1.29 is 23.8 Å². The number of esters is 1. The predicted octanol–water partition coefficient (Wildman–Crippen LogP) is 1.15. The zero-order valence-electron chi connectivity index (χ0n) is 12.0. The third-order valence-electron chi connectivity index (χ3n) is 3.21. The fraction of sp³-hybridized carbons (Fsp3) is 0.467. The highest BCUT2D eigenvalue weighted by molar-refractivity contribution is 5.91. The Morgan fingerprint density at radius 1 is 1.33 bits per heavy atom. The number of carbonyl (C=O) groups excluding carboxylic acids is 2. The number of ether oxygens (including phenoxy) is 3. The summed E-state index contributed by atoms with van der Waals surface area (Å²) in [5.41, 5.74) is 0.378. The van der Waals surface area contributed by atoms with Crippen molar-refractivity contribution >= 4 is 11.9 Å². The van der Waals surface area contributed by atoms with E-state index in [-0.39, 0.29) is 18.6 Å². The fourth-order valence-corrected chi connectivity index (χ4v) is 2.03. The van der Waals surface area contributed by atoms with Crippen LogP contribution in [0.2, 0.25) is 0 Å². The zero-order chi connectivity index (χ0) is 15.1. The van der Waals surface area contributed by atoms with Crippen LogP contribution >= 0.6 is 0 Å². The molecule has 1 heterocycles. The third kappa shape index (κ3) is 4.75. The summed E-state index contributed by atoms with van der Waals surface area (Å²) in [6, 6.07) is 6.50. The van der Waals surface area contributed by atoms with Gasteiger partial charge < -0.3 is 19.5 Å². The van der Waals surface area contributed by atoms with Crippen LogP contribution in [0.15, 0.2) is 24.3 Å². The van der Waals surface area contributed by atoms with Gasteiger partial charge in [0.1, 0.15) is 5.75 Å². The molecule has 0 unspecified atom stereocenters. The third-order valence-corrected chi connectivity index (χ3v) is 3.21. The lowest BCUT2D eigenvalue weighted by Crippen LogP contribution is -2.34. The van der Waals surface area contributed by atoms with Gasteiger partial charge in [-0.3, -0.25) is 4.79 Å². The molecule has 2 rings (SSSR count). The summed E-state index contributed by atoms with van der Waals surface area (Å²) in [5.74, 6) is -0.210. The van der Waals surface area contributed by atoms with Crippen LogP contribution < -0.4 is 10.1 Å². The molecule has 0 aromatic heterocycles. The van der Waals surface area contributed by atoms with Crippen molar-refractivity contribution in [3.63, 3.8) is 0 Å². The Labute approximate surface area is 123 Å². The van der Waals surface area contributed by atoms with Gasteiger partial charge in [-0.15, -0.1) is 0 Å². The van der Waals surface area contributed by atoms with E-state index in [0.717, 1.165) is 19.4 Å². The number of benzene rings is 1. The molecule has 1 aliphatic rings. The van der Waals surface area contributed by atoms with E-state index in [0.29, 0.717) is 17.9 Å². The van der Waals surface area contributed by atoms with Gasteiger partial charge in [0.15, 0.2) is 6.61 Å². The molecule has 6 nitrogen and oxygen atoms in total. The molecule has 1 atom stereocenters. The van der Waals surface area contributed by atoms with Crippen molar-refractivity contribution in [2.75, 3.05) is 26.9 Å². The highest BCUT2D eigenvalue weighted by Gasteiger charge is 2.16. The SMILES string of the molecule is COc1ccc(C(=O)OCC(=O)NC[C@@H]2CCCO2)cc1. The minimum atomic E-state index is -0.537. The van der Waals surface area contributed by atoms with Crippen LogP contribution in [0.3, 0.4) is 0 Å². The molecule has 21 heavy (non-hydrogen) atoms. The second-order valence-corrected chi connectivity index (χ2v) is 4.74. The van der Waals surface area contributed by atoms with Crippen molar-refractivity contribution in [3.8, 4) is 5.75 Å². The molecule has 0 spiro atoms. The molecule has 114 valence electrons. The maximum absolute atomic E-state index is 11.7. The number of amides is 1. The molecule has 1 aliphatic heterocycles. The Kier molecular flexibility index (Phi) is 5.57. The Morgan fingerprint density at radius 2 is 2.10 bits per heavy atom. The van der Waals surface area contributed by atoms with Gasteiger partial charge in [-0.25, -0.2) is 4.79 Å². The predicted molar refractivity (Wildman–Crippen MR) is 75.3 cm³/mol. The first kappa shape index (κ1) is 15.3. The molecule has 6 heteroatoms. The van der Waals surface area contributed by atoms with E-state index in [1.165, 1.54) is 0 Å². The average Bonchev–Trinajstić information content (AvgIpc) is 3.04. The number of rotatable bonds is 6. The molecular weight excluding hydrogens is 274 g/mol. The maximum atomic E-state index is 11.7. The Bertz CT molecular complexity index is 479. The maximum Gasteiger partial charge on any atom is 0.338 e. The molecule has 1 fully saturated rings. The van der Waals surface area contributed by atoms with Gasteiger partial charge in [0.25, 0.3) is 5.91 Å². The second-order valence-electron chi connectivity index (χ2n) is 4.74. The lowest BCUT2D eigenvalue weighted by Gasteiger charge is -2.11. The monoisotopic (exact) mass is 293 g/mol. The summed E-state index contributed by atoms with van der Waals surface area (Å²) in [6.07, 6.45) is 2.05. The zero-order valence-corrected chi connectivity index (χ0v) is 12.0. The largest absolute Gasteiger partial charge is 0.497 e. The summed E-state index contributed by atoms with van der Waals surface area (Å²) in [4.78, 5) is 23.3. The fourth-order valence-electron chi connectivity index (χ4n) is 2.03. The summed E-state index contributed by atoms with van der Waals surface area (Å²) in [6.45, 7) is 0.906. The second kappa shape index (κ2) is 7.64. The number of methoxy groups -OCH3 is 1. The van der Waals surface area contributed by atoms with Crippen LogP contribution in [0.4, 0.5) is 0 Å². The van der Waals surface area contributed by atoms with E-state index in [1.807, 2.05) is 0 Å². The van der Waals surface area contributed by atoms with Crippen molar-refractivity contribution in [1.82, 2.24) is 5.32 Å². The van der Waals surface area contributed by atoms with Crippen LogP contribution in [-0.4, -0.2) is 44.8 Å². The molecule has 0 saturated carbocycles. The molecule has 1 aromatic rings. The molecular formula is C15H19NO5. The molecule has 1 saturated heterocycles. The van der Waals surface area contributed by atoms with Crippen LogP contribution in [0.25, 0.3) is 0 Å². The Morgan fingerprint density at radius 3 is 2.71 bits per heavy atom. The van der Waals surface area contributed by atoms with Crippen molar-refractivity contribution in [3.05, 3.63) is 29.8 Å². The lowest BCUT2D eigenvalue weighted by molar-refractivity contribution is -0.124. The lowest BCUT2D eigenvalue weighted by atomic mass is 10.2. The number of hydrogen-bond donors (Lipinski definition) is 1. The Hall–Kier alpha value is -2.08. The van der Waals surface area contributed by atoms with E-state index in [2.05, 4.69) is 5.32 Å². The first-order valence-electron chi connectivity index (χ1n) is 6.88. The van der Waals surface area contributed by atoms with E-state index in [4.69, 9.17) is 14.2 Å². The molecule has 1 aromatic carbocycles. The minimum Gasteiger partial charge on any atom is -0.497 e. The molecule has 0 radical (unpaired) electrons. The van der Waals surface area contributed by atoms with E-state index in [9.17, 15) is 9.59 Å². The van der Waals surface area contributed by atoms with Gasteiger partial charge >= 0.3 is 5.97 Å². The smallest absolute Gasteiger partial charge is 0.338 e. The van der Waals surface area contributed by atoms with E-state index < -0.39 is 5.97 Å². The van der Waals surface area contributed by atoms with Gasteiger partial charge in [-0.2, -0.15) is 0 Å². The molecule has 0 bridgehead atoms. The van der Waals surface area contributed by atoms with E-state index in [1.54, 1.807) is 31.4 Å². The van der Waals surface area contributed by atoms with Crippen LogP contribution in [0.1, 0.15) is 23.2 Å². The standard InChI is InChI=1S/C15H19NO5/c1-19-12-6-4-11(5-7-12)15(18)21-10-14(17)16-9-13-3-2-8-20-13/h4-7,13H,2-3,8-10H2,1H3,(H,16,17)/t13-/m0/s1. The van der Waals surface area contributed by atoms with Gasteiger partial charge in [0, 0.05) is 13.2 Å². The highest BCUT2D eigenvalue weighted by atomic mass is 16.5. The summed E-state index contributed by atoms with van der Waals surface area (Å²) >= 11 is 0. The quantitative estimate of drug-likeness (QED) is 0.796. The minimum absolute atomic E-state index is 0.0752. The topological polar surface area (TPSA) is 73.9 Å². The van der Waals surface area contributed by atoms with Gasteiger partial charge in [0.05, 0.1) is 18.8 Å². The van der Waals surface area contributed by atoms with Crippen LogP contribution in [0, 0.1) is 0 Å². The van der Waals surface area contributed by atoms with Crippen molar-refractivity contribution in [2.24, 2.45) is 0 Å². The van der Waals surface area contributed by atoms with Crippen molar-refractivity contribution in [1.29, 1.82) is 0 Å². The van der Waals surface area contributed by atoms with Gasteiger partial charge in [-0.1, -0.05) is 0 Å². The first-order chi connectivity index (χ1) is 10.2. The van der Waals surface area contributed by atoms with Gasteiger partial charge in [-0.05, 0) is 37.1 Å².